The Hall–Kier alpha value is -2.80. The smallest absolute Gasteiger partial charge is 0.410 e. The minimum atomic E-state index is -2.82. The van der Waals surface area contributed by atoms with E-state index in [-0.39, 0.29) is 18.9 Å². The molecule has 0 bridgehead atoms. The number of carbonyl (C=O) groups is 2. The molecule has 2 aromatic rings. The van der Waals surface area contributed by atoms with E-state index in [1.807, 2.05) is 48.5 Å². The van der Waals surface area contributed by atoms with Crippen LogP contribution in [-0.4, -0.2) is 55.6 Å². The van der Waals surface area contributed by atoms with E-state index in [0.29, 0.717) is 0 Å². The molecule has 3 aliphatic rings. The Bertz CT molecular complexity index is 964. The molecular formula is C22H19F2NO4. The highest BCUT2D eigenvalue weighted by atomic mass is 19.3. The first-order chi connectivity index (χ1) is 14.0. The molecule has 150 valence electrons. The fourth-order valence-electron chi connectivity index (χ4n) is 5.39. The highest BCUT2D eigenvalue weighted by molar-refractivity contribution is 5.92. The lowest BCUT2D eigenvalue weighted by atomic mass is 9.68. The van der Waals surface area contributed by atoms with Gasteiger partial charge in [0.1, 0.15) is 12.6 Å². The molecule has 0 saturated carbocycles. The molecule has 2 heterocycles. The number of ether oxygens (including phenoxy) is 2. The molecule has 5 nitrogen and oxygen atoms in total. The van der Waals surface area contributed by atoms with E-state index < -0.39 is 36.0 Å². The van der Waals surface area contributed by atoms with Crippen molar-refractivity contribution >= 4 is 11.9 Å². The van der Waals surface area contributed by atoms with Crippen LogP contribution in [-0.2, 0) is 14.3 Å². The zero-order valence-corrected chi connectivity index (χ0v) is 15.7. The molecule has 7 heteroatoms. The molecule has 2 saturated heterocycles. The normalized spacial score (nSPS) is 27.9. The van der Waals surface area contributed by atoms with Gasteiger partial charge in [-0.2, -0.15) is 0 Å². The largest absolute Gasteiger partial charge is 0.453 e. The van der Waals surface area contributed by atoms with Crippen LogP contribution in [0.3, 0.4) is 0 Å². The summed E-state index contributed by atoms with van der Waals surface area (Å²) >= 11 is 0. The van der Waals surface area contributed by atoms with Crippen LogP contribution in [0.25, 0.3) is 11.1 Å². The first kappa shape index (κ1) is 18.2. The van der Waals surface area contributed by atoms with Crippen LogP contribution in [0.2, 0.25) is 0 Å². The van der Waals surface area contributed by atoms with E-state index in [1.54, 1.807) is 0 Å². The number of benzene rings is 2. The fourth-order valence-corrected chi connectivity index (χ4v) is 5.39. The van der Waals surface area contributed by atoms with E-state index in [4.69, 9.17) is 9.47 Å². The number of Topliss-reactive ketones (excluding diaryl/α,β-unsaturated/α-hetero) is 1. The fraction of sp³-hybridized carbons (Fsp3) is 0.364. The van der Waals surface area contributed by atoms with Gasteiger partial charge in [-0.25, -0.2) is 13.6 Å². The van der Waals surface area contributed by atoms with E-state index >= 15 is 0 Å². The summed E-state index contributed by atoms with van der Waals surface area (Å²) in [5.74, 6) is -1.08. The molecule has 0 unspecified atom stereocenters. The molecule has 2 aliphatic heterocycles. The van der Waals surface area contributed by atoms with Crippen molar-refractivity contribution in [1.82, 2.24) is 4.90 Å². The maximum atomic E-state index is 15.0. The van der Waals surface area contributed by atoms with Gasteiger partial charge in [0.05, 0.1) is 18.6 Å². The number of alkyl halides is 2. The van der Waals surface area contributed by atoms with Gasteiger partial charge < -0.3 is 9.47 Å². The van der Waals surface area contributed by atoms with Crippen molar-refractivity contribution in [3.05, 3.63) is 59.7 Å². The standard InChI is InChI=1S/C22H19F2NO4/c1-28-21(27)25-11-22(20(23)24,19-18(25)16(26)10-29-19)17-14-8-4-2-6-12(14)13-7-3-5-9-15(13)17/h2-9,17-20H,10-11H2,1H3/t18-,19+,22-/m1/s1. The van der Waals surface area contributed by atoms with E-state index in [0.717, 1.165) is 27.2 Å². The number of methoxy groups -OCH3 is 1. The molecule has 29 heavy (non-hydrogen) atoms. The lowest BCUT2D eigenvalue weighted by Gasteiger charge is -2.39. The Morgan fingerprint density at radius 3 is 2.28 bits per heavy atom. The summed E-state index contributed by atoms with van der Waals surface area (Å²) in [5.41, 5.74) is 1.56. The van der Waals surface area contributed by atoms with Gasteiger partial charge in [0.15, 0.2) is 5.78 Å². The number of ketones is 1. The van der Waals surface area contributed by atoms with Gasteiger partial charge in [0, 0.05) is 12.5 Å². The summed E-state index contributed by atoms with van der Waals surface area (Å²) in [7, 11) is 1.18. The minimum absolute atomic E-state index is 0.284. The lowest BCUT2D eigenvalue weighted by Crippen LogP contribution is -2.47. The third-order valence-electron chi connectivity index (χ3n) is 6.52. The Kier molecular flexibility index (Phi) is 4.00. The first-order valence-electron chi connectivity index (χ1n) is 9.46. The number of amides is 1. The lowest BCUT2D eigenvalue weighted by molar-refractivity contribution is -0.121. The summed E-state index contributed by atoms with van der Waals surface area (Å²) in [5, 5.41) is 0. The second-order valence-corrected chi connectivity index (χ2v) is 7.76. The number of nitrogens with zero attached hydrogens (tertiary/aromatic N) is 1. The molecule has 1 aliphatic carbocycles. The number of hydrogen-bond acceptors (Lipinski definition) is 4. The van der Waals surface area contributed by atoms with Crippen LogP contribution >= 0.6 is 0 Å². The molecule has 5 rings (SSSR count). The summed E-state index contributed by atoms with van der Waals surface area (Å²) < 4.78 is 40.4. The van der Waals surface area contributed by atoms with Gasteiger partial charge in [0.2, 0.25) is 6.43 Å². The van der Waals surface area contributed by atoms with Crippen LogP contribution in [0.15, 0.2) is 48.5 Å². The summed E-state index contributed by atoms with van der Waals surface area (Å²) in [4.78, 5) is 26.0. The van der Waals surface area contributed by atoms with Crippen molar-refractivity contribution in [2.45, 2.75) is 24.5 Å². The Labute approximate surface area is 166 Å². The van der Waals surface area contributed by atoms with Gasteiger partial charge >= 0.3 is 6.09 Å². The Morgan fingerprint density at radius 1 is 1.14 bits per heavy atom. The van der Waals surface area contributed by atoms with Crippen LogP contribution in [0, 0.1) is 5.41 Å². The highest BCUT2D eigenvalue weighted by Crippen LogP contribution is 2.60. The monoisotopic (exact) mass is 399 g/mol. The number of carbonyl (C=O) groups excluding carboxylic acids is 2. The summed E-state index contributed by atoms with van der Waals surface area (Å²) in [6.45, 7) is -0.598. The van der Waals surface area contributed by atoms with Gasteiger partial charge in [-0.1, -0.05) is 48.5 Å². The van der Waals surface area contributed by atoms with Gasteiger partial charge in [-0.3, -0.25) is 9.69 Å². The van der Waals surface area contributed by atoms with Crippen LogP contribution < -0.4 is 0 Å². The third kappa shape index (κ3) is 2.28. The summed E-state index contributed by atoms with van der Waals surface area (Å²) in [6, 6.07) is 13.9. The maximum absolute atomic E-state index is 15.0. The van der Waals surface area contributed by atoms with Gasteiger partial charge in [-0.05, 0) is 22.3 Å². The zero-order chi connectivity index (χ0) is 20.3. The molecule has 0 spiro atoms. The first-order valence-corrected chi connectivity index (χ1v) is 9.46. The second-order valence-electron chi connectivity index (χ2n) is 7.76. The number of likely N-dealkylation sites (tertiary alicyclic amines) is 1. The van der Waals surface area contributed by atoms with Crippen molar-refractivity contribution in [1.29, 1.82) is 0 Å². The number of rotatable bonds is 2. The topological polar surface area (TPSA) is 55.8 Å². The SMILES string of the molecule is COC(=O)N1C[C@@](C(F)F)(C2c3ccccc3-c3ccccc32)[C@H]2OCC(=O)[C@H]21. The third-order valence-corrected chi connectivity index (χ3v) is 6.52. The maximum Gasteiger partial charge on any atom is 0.410 e. The van der Waals surface area contributed by atoms with Crippen molar-refractivity contribution in [2.75, 3.05) is 20.3 Å². The Balaban J connectivity index is 1.74. The van der Waals surface area contributed by atoms with Crippen molar-refractivity contribution in [2.24, 2.45) is 5.41 Å². The predicted octanol–water partition coefficient (Wildman–Crippen LogP) is 3.47. The molecule has 0 aromatic heterocycles. The molecule has 0 N–H and O–H groups in total. The van der Waals surface area contributed by atoms with Crippen LogP contribution in [0.1, 0.15) is 17.0 Å². The van der Waals surface area contributed by atoms with Gasteiger partial charge in [0.25, 0.3) is 0 Å². The predicted molar refractivity (Wildman–Crippen MR) is 99.8 cm³/mol. The molecular weight excluding hydrogens is 380 g/mol. The number of fused-ring (bicyclic) bond motifs is 4. The molecule has 1 amide bonds. The van der Waals surface area contributed by atoms with Gasteiger partial charge in [-0.15, -0.1) is 0 Å². The quantitative estimate of drug-likeness (QED) is 0.776. The summed E-state index contributed by atoms with van der Waals surface area (Å²) in [6.07, 6.45) is -4.71. The number of hydrogen-bond donors (Lipinski definition) is 0. The van der Waals surface area contributed by atoms with Crippen molar-refractivity contribution in [3.63, 3.8) is 0 Å². The Morgan fingerprint density at radius 2 is 1.72 bits per heavy atom. The van der Waals surface area contributed by atoms with Crippen LogP contribution in [0.5, 0.6) is 0 Å². The van der Waals surface area contributed by atoms with E-state index in [2.05, 4.69) is 0 Å². The molecule has 2 fully saturated rings. The van der Waals surface area contributed by atoms with E-state index in [9.17, 15) is 18.4 Å². The minimum Gasteiger partial charge on any atom is -0.453 e. The number of halogens is 2. The molecule has 2 aromatic carbocycles. The van der Waals surface area contributed by atoms with Crippen molar-refractivity contribution in [3.8, 4) is 11.1 Å². The average Bonchev–Trinajstić information content (AvgIpc) is 3.38. The van der Waals surface area contributed by atoms with E-state index in [1.165, 1.54) is 7.11 Å². The second kappa shape index (κ2) is 6.35. The average molecular weight is 399 g/mol. The zero-order valence-electron chi connectivity index (χ0n) is 15.7. The molecule has 0 radical (unpaired) electrons. The van der Waals surface area contributed by atoms with Crippen molar-refractivity contribution < 1.29 is 27.8 Å². The van der Waals surface area contributed by atoms with Crippen LogP contribution in [0.4, 0.5) is 13.6 Å². The molecule has 3 atom stereocenters. The highest BCUT2D eigenvalue weighted by Gasteiger charge is 2.68.